The number of anilines is 1. The molecule has 0 bridgehead atoms. The van der Waals surface area contributed by atoms with E-state index in [1.54, 1.807) is 24.1 Å². The zero-order valence-electron chi connectivity index (χ0n) is 17.0. The van der Waals surface area contributed by atoms with Gasteiger partial charge in [-0.05, 0) is 63.5 Å². The summed E-state index contributed by atoms with van der Waals surface area (Å²) in [6.45, 7) is 3.82. The number of nitrogens with zero attached hydrogens (tertiary/aromatic N) is 3. The zero-order chi connectivity index (χ0) is 20.1. The van der Waals surface area contributed by atoms with Gasteiger partial charge >= 0.3 is 0 Å². The molecule has 8 heteroatoms. The summed E-state index contributed by atoms with van der Waals surface area (Å²) in [5, 5.41) is 0.684. The molecule has 0 radical (unpaired) electrons. The topological polar surface area (TPSA) is 54.9 Å². The van der Waals surface area contributed by atoms with Crippen LogP contribution in [0.1, 0.15) is 17.3 Å². The Hall–Kier alpha value is -2.35. The van der Waals surface area contributed by atoms with Crippen LogP contribution in [0.15, 0.2) is 42.5 Å². The highest BCUT2D eigenvalue weighted by atomic mass is 35.5. The van der Waals surface area contributed by atoms with E-state index >= 15 is 0 Å². The molecule has 3 rings (SSSR count). The molecule has 0 saturated heterocycles. The van der Waals surface area contributed by atoms with Crippen LogP contribution < -0.4 is 14.4 Å². The Bertz CT molecular complexity index is 944. The molecule has 0 aliphatic heterocycles. The Kier molecular flexibility index (Phi) is 8.25. The average Bonchev–Trinajstić information content (AvgIpc) is 3.11. The lowest BCUT2D eigenvalue weighted by atomic mass is 10.2. The van der Waals surface area contributed by atoms with Gasteiger partial charge in [-0.1, -0.05) is 11.3 Å². The van der Waals surface area contributed by atoms with Gasteiger partial charge in [-0.15, -0.1) is 12.4 Å². The Morgan fingerprint density at radius 2 is 1.76 bits per heavy atom. The number of rotatable bonds is 8. The SMILES string of the molecule is CCOc1ccc(C(=O)N(CCN(C)C)c2nc3ccc(OC)cc3s2)cc1.Cl. The van der Waals surface area contributed by atoms with E-state index in [2.05, 4.69) is 9.88 Å². The van der Waals surface area contributed by atoms with Gasteiger partial charge in [0.05, 0.1) is 23.9 Å². The molecule has 0 atom stereocenters. The number of amides is 1. The standard InChI is InChI=1S/C21H25N3O3S.ClH/c1-5-27-16-8-6-15(7-9-16)20(25)24(13-12-23(2)3)21-22-18-11-10-17(26-4)14-19(18)28-21;/h6-11,14H,5,12-13H2,1-4H3;1H. The van der Waals surface area contributed by atoms with E-state index in [1.165, 1.54) is 11.3 Å². The van der Waals surface area contributed by atoms with Gasteiger partial charge in [-0.2, -0.15) is 0 Å². The molecule has 6 nitrogen and oxygen atoms in total. The third-order valence-electron chi connectivity index (χ3n) is 4.24. The van der Waals surface area contributed by atoms with Crippen molar-refractivity contribution in [3.63, 3.8) is 0 Å². The first-order valence-electron chi connectivity index (χ1n) is 9.16. The second kappa shape index (κ2) is 10.4. The zero-order valence-corrected chi connectivity index (χ0v) is 18.7. The molecule has 0 aliphatic rings. The van der Waals surface area contributed by atoms with Crippen molar-refractivity contribution < 1.29 is 14.3 Å². The highest BCUT2D eigenvalue weighted by Crippen LogP contribution is 2.32. The summed E-state index contributed by atoms with van der Waals surface area (Å²) in [4.78, 5) is 21.7. The van der Waals surface area contributed by atoms with E-state index in [1.807, 2.05) is 51.4 Å². The fraction of sp³-hybridized carbons (Fsp3) is 0.333. The summed E-state index contributed by atoms with van der Waals surface area (Å²) in [6, 6.07) is 13.0. The molecular weight excluding hydrogens is 410 g/mol. The summed E-state index contributed by atoms with van der Waals surface area (Å²) >= 11 is 1.49. The van der Waals surface area contributed by atoms with Gasteiger partial charge in [-0.25, -0.2) is 4.98 Å². The van der Waals surface area contributed by atoms with E-state index in [9.17, 15) is 4.79 Å². The molecule has 0 unspecified atom stereocenters. The summed E-state index contributed by atoms with van der Waals surface area (Å²) in [5.41, 5.74) is 1.47. The quantitative estimate of drug-likeness (QED) is 0.527. The number of ether oxygens (including phenoxy) is 2. The van der Waals surface area contributed by atoms with Crippen molar-refractivity contribution >= 4 is 45.0 Å². The van der Waals surface area contributed by atoms with E-state index in [0.717, 1.165) is 28.3 Å². The van der Waals surface area contributed by atoms with Crippen molar-refractivity contribution in [2.24, 2.45) is 0 Å². The first kappa shape index (κ1) is 22.9. The molecule has 29 heavy (non-hydrogen) atoms. The molecule has 1 amide bonds. The molecule has 0 aliphatic carbocycles. The number of likely N-dealkylation sites (N-methyl/N-ethyl adjacent to an activating group) is 1. The molecule has 0 spiro atoms. The van der Waals surface area contributed by atoms with Gasteiger partial charge in [0.15, 0.2) is 5.13 Å². The molecule has 1 aromatic heterocycles. The second-order valence-corrected chi connectivity index (χ2v) is 7.56. The maximum atomic E-state index is 13.2. The lowest BCUT2D eigenvalue weighted by Crippen LogP contribution is -2.36. The number of fused-ring (bicyclic) bond motifs is 1. The lowest BCUT2D eigenvalue weighted by molar-refractivity contribution is 0.0985. The molecular formula is C21H26ClN3O3S. The predicted octanol–water partition coefficient (Wildman–Crippen LogP) is 4.33. The number of hydrogen-bond donors (Lipinski definition) is 0. The Labute approximate surface area is 181 Å². The van der Waals surface area contributed by atoms with Crippen LogP contribution in [0.3, 0.4) is 0 Å². The average molecular weight is 436 g/mol. The molecule has 3 aromatic rings. The number of aromatic nitrogens is 1. The van der Waals surface area contributed by atoms with E-state index in [-0.39, 0.29) is 18.3 Å². The summed E-state index contributed by atoms with van der Waals surface area (Å²) in [6.07, 6.45) is 0. The van der Waals surface area contributed by atoms with Crippen molar-refractivity contribution in [2.45, 2.75) is 6.92 Å². The van der Waals surface area contributed by atoms with Crippen molar-refractivity contribution in [1.82, 2.24) is 9.88 Å². The third-order valence-corrected chi connectivity index (χ3v) is 5.28. The van der Waals surface area contributed by atoms with Crippen LogP contribution in [0, 0.1) is 0 Å². The maximum absolute atomic E-state index is 13.2. The van der Waals surface area contributed by atoms with Crippen LogP contribution >= 0.6 is 23.7 Å². The Morgan fingerprint density at radius 3 is 2.38 bits per heavy atom. The summed E-state index contributed by atoms with van der Waals surface area (Å²) < 4.78 is 11.8. The van der Waals surface area contributed by atoms with Gasteiger partial charge < -0.3 is 14.4 Å². The number of halogens is 1. The third kappa shape index (κ3) is 5.59. The van der Waals surface area contributed by atoms with Gasteiger partial charge in [-0.3, -0.25) is 9.69 Å². The van der Waals surface area contributed by atoms with Crippen LogP contribution in [-0.4, -0.2) is 56.7 Å². The van der Waals surface area contributed by atoms with Gasteiger partial charge in [0.1, 0.15) is 11.5 Å². The van der Waals surface area contributed by atoms with Gasteiger partial charge in [0.25, 0.3) is 5.91 Å². The number of thiazole rings is 1. The highest BCUT2D eigenvalue weighted by molar-refractivity contribution is 7.22. The summed E-state index contributed by atoms with van der Waals surface area (Å²) in [5.74, 6) is 1.46. The Morgan fingerprint density at radius 1 is 1.07 bits per heavy atom. The fourth-order valence-electron chi connectivity index (χ4n) is 2.74. The van der Waals surface area contributed by atoms with Crippen molar-refractivity contribution in [3.8, 4) is 11.5 Å². The van der Waals surface area contributed by atoms with Crippen LogP contribution in [0.25, 0.3) is 10.2 Å². The maximum Gasteiger partial charge on any atom is 0.260 e. The van der Waals surface area contributed by atoms with Crippen molar-refractivity contribution in [1.29, 1.82) is 0 Å². The molecule has 0 fully saturated rings. The minimum Gasteiger partial charge on any atom is -0.497 e. The first-order valence-corrected chi connectivity index (χ1v) is 9.97. The second-order valence-electron chi connectivity index (χ2n) is 6.55. The molecule has 2 aromatic carbocycles. The molecule has 156 valence electrons. The smallest absolute Gasteiger partial charge is 0.260 e. The minimum absolute atomic E-state index is 0. The van der Waals surface area contributed by atoms with E-state index in [0.29, 0.717) is 23.8 Å². The van der Waals surface area contributed by atoms with Crippen molar-refractivity contribution in [2.75, 3.05) is 45.8 Å². The number of carbonyl (C=O) groups is 1. The number of methoxy groups -OCH3 is 1. The monoisotopic (exact) mass is 435 g/mol. The number of benzene rings is 2. The predicted molar refractivity (Wildman–Crippen MR) is 121 cm³/mol. The van der Waals surface area contributed by atoms with Gasteiger partial charge in [0, 0.05) is 18.7 Å². The van der Waals surface area contributed by atoms with Crippen LogP contribution in [0.4, 0.5) is 5.13 Å². The first-order chi connectivity index (χ1) is 13.5. The highest BCUT2D eigenvalue weighted by Gasteiger charge is 2.21. The minimum atomic E-state index is -0.0732. The fourth-order valence-corrected chi connectivity index (χ4v) is 3.75. The molecule has 0 saturated carbocycles. The molecule has 0 N–H and O–H groups in total. The van der Waals surface area contributed by atoms with E-state index in [4.69, 9.17) is 9.47 Å². The van der Waals surface area contributed by atoms with Crippen molar-refractivity contribution in [3.05, 3.63) is 48.0 Å². The van der Waals surface area contributed by atoms with Gasteiger partial charge in [0.2, 0.25) is 0 Å². The van der Waals surface area contributed by atoms with E-state index < -0.39 is 0 Å². The van der Waals surface area contributed by atoms with Crippen LogP contribution in [-0.2, 0) is 0 Å². The van der Waals surface area contributed by atoms with Crippen LogP contribution in [0.5, 0.6) is 11.5 Å². The number of carbonyl (C=O) groups excluding carboxylic acids is 1. The molecule has 1 heterocycles. The number of hydrogen-bond acceptors (Lipinski definition) is 6. The summed E-state index contributed by atoms with van der Waals surface area (Å²) in [7, 11) is 5.62. The lowest BCUT2D eigenvalue weighted by Gasteiger charge is -2.22. The normalized spacial score (nSPS) is 10.7. The largest absolute Gasteiger partial charge is 0.497 e. The Balaban J connectivity index is 0.00000300. The van der Waals surface area contributed by atoms with Crippen LogP contribution in [0.2, 0.25) is 0 Å².